The highest BCUT2D eigenvalue weighted by atomic mass is 16.6. The number of nitrogens with zero attached hydrogens (tertiary/aromatic N) is 2. The van der Waals surface area contributed by atoms with Crippen LogP contribution in [-0.2, 0) is 31.1 Å². The van der Waals surface area contributed by atoms with Crippen molar-refractivity contribution in [1.29, 1.82) is 0 Å². The number of para-hydroxylation sites is 1. The summed E-state index contributed by atoms with van der Waals surface area (Å²) in [5.41, 5.74) is 1.02. The van der Waals surface area contributed by atoms with Crippen LogP contribution in [0.5, 0.6) is 0 Å². The lowest BCUT2D eigenvalue weighted by Crippen LogP contribution is -2.52. The van der Waals surface area contributed by atoms with Gasteiger partial charge in [-0.2, -0.15) is 0 Å². The number of benzene rings is 2. The molecule has 0 radical (unpaired) electrons. The van der Waals surface area contributed by atoms with E-state index in [9.17, 15) is 14.4 Å². The van der Waals surface area contributed by atoms with Crippen LogP contribution in [0.2, 0.25) is 0 Å². The van der Waals surface area contributed by atoms with E-state index in [1.807, 2.05) is 49.4 Å². The molecule has 0 bridgehead atoms. The third-order valence-corrected chi connectivity index (χ3v) is 5.74. The standard InChI is InChI=1S/C23H24N2O5/c1-3-29-21-23(18-11-7-8-12-19(18)25(16(2)26)20(23)27)13-14-24(21)22(28)30-15-17-9-5-4-6-10-17/h4-12,21H,3,13-15H2,1-2H3/t21?,23-/m1/s1. The summed E-state index contributed by atoms with van der Waals surface area (Å²) in [6.07, 6.45) is -1.03. The van der Waals surface area contributed by atoms with Crippen LogP contribution in [0.1, 0.15) is 31.4 Å². The first-order valence-electron chi connectivity index (χ1n) is 10.0. The Kier molecular flexibility index (Phi) is 5.30. The van der Waals surface area contributed by atoms with Crippen molar-refractivity contribution in [3.63, 3.8) is 0 Å². The number of carbonyl (C=O) groups is 3. The average Bonchev–Trinajstić information content (AvgIpc) is 3.25. The third kappa shape index (κ3) is 3.06. The smallest absolute Gasteiger partial charge is 0.412 e. The molecule has 0 N–H and O–H groups in total. The Morgan fingerprint density at radius 2 is 1.80 bits per heavy atom. The zero-order chi connectivity index (χ0) is 21.3. The van der Waals surface area contributed by atoms with E-state index in [4.69, 9.17) is 9.47 Å². The zero-order valence-corrected chi connectivity index (χ0v) is 17.0. The summed E-state index contributed by atoms with van der Waals surface area (Å²) >= 11 is 0. The maximum atomic E-state index is 13.5. The Labute approximate surface area is 175 Å². The quantitative estimate of drug-likeness (QED) is 0.776. The minimum absolute atomic E-state index is 0.131. The van der Waals surface area contributed by atoms with Crippen LogP contribution in [0.15, 0.2) is 54.6 Å². The number of carbonyl (C=O) groups excluding carboxylic acids is 3. The van der Waals surface area contributed by atoms with Gasteiger partial charge in [-0.05, 0) is 30.5 Å². The Balaban J connectivity index is 1.65. The molecule has 1 saturated heterocycles. The van der Waals surface area contributed by atoms with E-state index in [2.05, 4.69) is 0 Å². The molecule has 1 unspecified atom stereocenters. The van der Waals surface area contributed by atoms with Crippen LogP contribution in [0.25, 0.3) is 0 Å². The average molecular weight is 408 g/mol. The van der Waals surface area contributed by atoms with Crippen LogP contribution >= 0.6 is 0 Å². The maximum Gasteiger partial charge on any atom is 0.412 e. The van der Waals surface area contributed by atoms with Gasteiger partial charge in [-0.15, -0.1) is 0 Å². The van der Waals surface area contributed by atoms with E-state index < -0.39 is 17.7 Å². The molecule has 7 heteroatoms. The number of rotatable bonds is 4. The van der Waals surface area contributed by atoms with Gasteiger partial charge in [0.1, 0.15) is 12.0 Å². The largest absolute Gasteiger partial charge is 0.444 e. The fourth-order valence-electron chi connectivity index (χ4n) is 4.45. The summed E-state index contributed by atoms with van der Waals surface area (Å²) < 4.78 is 11.5. The number of likely N-dealkylation sites (tertiary alicyclic amines) is 1. The van der Waals surface area contributed by atoms with E-state index in [0.717, 1.165) is 5.56 Å². The number of hydrogen-bond acceptors (Lipinski definition) is 5. The highest BCUT2D eigenvalue weighted by Crippen LogP contribution is 2.51. The number of hydrogen-bond donors (Lipinski definition) is 0. The number of fused-ring (bicyclic) bond motifs is 2. The molecule has 7 nitrogen and oxygen atoms in total. The van der Waals surface area contributed by atoms with Crippen LogP contribution in [0.4, 0.5) is 10.5 Å². The molecular formula is C23H24N2O5. The summed E-state index contributed by atoms with van der Waals surface area (Å²) in [5, 5.41) is 0. The topological polar surface area (TPSA) is 76.2 Å². The second-order valence-electron chi connectivity index (χ2n) is 7.44. The predicted molar refractivity (Wildman–Crippen MR) is 110 cm³/mol. The van der Waals surface area contributed by atoms with Gasteiger partial charge in [-0.25, -0.2) is 9.69 Å². The van der Waals surface area contributed by atoms with Crippen molar-refractivity contribution in [1.82, 2.24) is 4.90 Å². The van der Waals surface area contributed by atoms with Crippen molar-refractivity contribution in [3.8, 4) is 0 Å². The van der Waals surface area contributed by atoms with Crippen molar-refractivity contribution >= 4 is 23.6 Å². The van der Waals surface area contributed by atoms with E-state index in [1.54, 1.807) is 12.1 Å². The third-order valence-electron chi connectivity index (χ3n) is 5.74. The fourth-order valence-corrected chi connectivity index (χ4v) is 4.45. The van der Waals surface area contributed by atoms with Crippen molar-refractivity contribution in [3.05, 3.63) is 65.7 Å². The molecule has 2 heterocycles. The zero-order valence-electron chi connectivity index (χ0n) is 17.0. The summed E-state index contributed by atoms with van der Waals surface area (Å²) in [6, 6.07) is 16.6. The van der Waals surface area contributed by atoms with Crippen LogP contribution in [0.3, 0.4) is 0 Å². The summed E-state index contributed by atoms with van der Waals surface area (Å²) in [7, 11) is 0. The SMILES string of the molecule is CCOC1N(C(=O)OCc2ccccc2)CC[C@@]12C(=O)N(C(C)=O)c1ccccc12. The Morgan fingerprint density at radius 1 is 1.10 bits per heavy atom. The molecule has 30 heavy (non-hydrogen) atoms. The van der Waals surface area contributed by atoms with Crippen molar-refractivity contribution in [2.45, 2.75) is 38.5 Å². The lowest BCUT2D eigenvalue weighted by Gasteiger charge is -2.33. The second kappa shape index (κ2) is 7.91. The highest BCUT2D eigenvalue weighted by molar-refractivity contribution is 6.22. The second-order valence-corrected chi connectivity index (χ2v) is 7.44. The van der Waals surface area contributed by atoms with Crippen molar-refractivity contribution in [2.24, 2.45) is 0 Å². The van der Waals surface area contributed by atoms with Crippen LogP contribution < -0.4 is 4.90 Å². The molecule has 2 aliphatic rings. The molecule has 0 saturated carbocycles. The van der Waals surface area contributed by atoms with Gasteiger partial charge in [0.15, 0.2) is 6.23 Å². The molecule has 0 aliphatic carbocycles. The van der Waals surface area contributed by atoms with Gasteiger partial charge in [0.2, 0.25) is 11.8 Å². The van der Waals surface area contributed by atoms with Crippen LogP contribution in [-0.4, -0.2) is 42.2 Å². The Bertz CT molecular complexity index is 977. The molecule has 2 aliphatic heterocycles. The fraction of sp³-hybridized carbons (Fsp3) is 0.348. The monoisotopic (exact) mass is 408 g/mol. The van der Waals surface area contributed by atoms with Crippen molar-refractivity contribution < 1.29 is 23.9 Å². The number of imide groups is 1. The molecule has 1 spiro atoms. The molecule has 1 fully saturated rings. The molecule has 156 valence electrons. The Morgan fingerprint density at radius 3 is 2.50 bits per heavy atom. The van der Waals surface area contributed by atoms with E-state index in [0.29, 0.717) is 30.8 Å². The molecule has 2 aromatic rings. The normalized spacial score (nSPS) is 22.5. The minimum atomic E-state index is -1.12. The molecular weight excluding hydrogens is 384 g/mol. The molecule has 2 aromatic carbocycles. The van der Waals surface area contributed by atoms with Crippen molar-refractivity contribution in [2.75, 3.05) is 18.1 Å². The minimum Gasteiger partial charge on any atom is -0.444 e. The van der Waals surface area contributed by atoms with E-state index >= 15 is 0 Å². The first kappa shape index (κ1) is 20.1. The predicted octanol–water partition coefficient (Wildman–Crippen LogP) is 3.22. The van der Waals surface area contributed by atoms with Gasteiger partial charge in [-0.1, -0.05) is 48.5 Å². The van der Waals surface area contributed by atoms with Crippen LogP contribution in [0, 0.1) is 0 Å². The first-order valence-corrected chi connectivity index (χ1v) is 10.0. The Hall–Kier alpha value is -3.19. The van der Waals surface area contributed by atoms with Gasteiger partial charge in [0.05, 0.1) is 5.69 Å². The first-order chi connectivity index (χ1) is 14.5. The number of anilines is 1. The number of amides is 3. The molecule has 4 rings (SSSR count). The molecule has 3 amide bonds. The number of ether oxygens (including phenoxy) is 2. The summed E-state index contributed by atoms with van der Waals surface area (Å²) in [4.78, 5) is 41.3. The molecule has 2 atom stereocenters. The summed E-state index contributed by atoms with van der Waals surface area (Å²) in [6.45, 7) is 3.92. The van der Waals surface area contributed by atoms with Gasteiger partial charge >= 0.3 is 6.09 Å². The van der Waals surface area contributed by atoms with E-state index in [-0.39, 0.29) is 18.4 Å². The summed E-state index contributed by atoms with van der Waals surface area (Å²) in [5.74, 6) is -0.710. The lowest BCUT2D eigenvalue weighted by molar-refractivity contribution is -0.135. The maximum absolute atomic E-state index is 13.5. The van der Waals surface area contributed by atoms with Gasteiger partial charge < -0.3 is 9.47 Å². The van der Waals surface area contributed by atoms with Gasteiger partial charge in [0, 0.05) is 20.1 Å². The lowest BCUT2D eigenvalue weighted by atomic mass is 9.79. The van der Waals surface area contributed by atoms with Gasteiger partial charge in [0.25, 0.3) is 0 Å². The van der Waals surface area contributed by atoms with Gasteiger partial charge in [-0.3, -0.25) is 14.5 Å². The molecule has 0 aromatic heterocycles. The highest BCUT2D eigenvalue weighted by Gasteiger charge is 2.63. The van der Waals surface area contributed by atoms with E-state index in [1.165, 1.54) is 16.7 Å².